The third kappa shape index (κ3) is 2.69. The molecule has 0 aromatic rings. The molecule has 2 N–H and O–H groups in total. The zero-order valence-corrected chi connectivity index (χ0v) is 5.44. The van der Waals surface area contributed by atoms with Gasteiger partial charge in [-0.15, -0.1) is 0 Å². The summed E-state index contributed by atoms with van der Waals surface area (Å²) in [5.74, 6) is 0. The van der Waals surface area contributed by atoms with Crippen LogP contribution in [0.15, 0.2) is 0 Å². The van der Waals surface area contributed by atoms with Gasteiger partial charge in [0.05, 0.1) is 0 Å². The van der Waals surface area contributed by atoms with Crippen LogP contribution in [0.2, 0.25) is 0 Å². The third-order valence-electron chi connectivity index (χ3n) is 0.390. The zero-order chi connectivity index (χ0) is 5.15. The summed E-state index contributed by atoms with van der Waals surface area (Å²) < 4.78 is 0.509. The van der Waals surface area contributed by atoms with Gasteiger partial charge in [0.2, 0.25) is 0 Å². The first kappa shape index (κ1) is 6.47. The minimum Gasteiger partial charge on any atom is -0.288 e. The van der Waals surface area contributed by atoms with Crippen molar-refractivity contribution in [2.75, 3.05) is 12.5 Å². The van der Waals surface area contributed by atoms with Gasteiger partial charge in [0, 0.05) is 0 Å². The maximum Gasteiger partial charge on any atom is 0.103 e. The highest BCUT2D eigenvalue weighted by molar-refractivity contribution is 8.16. The van der Waals surface area contributed by atoms with Crippen molar-refractivity contribution >= 4 is 26.5 Å². The standard InChI is InChI=1S/C3H8ClNS/c1-6(2)3(4)5/h5H2,1-2H3. The van der Waals surface area contributed by atoms with Gasteiger partial charge in [0.15, 0.2) is 0 Å². The molecule has 3 heteroatoms. The fourth-order valence-corrected chi connectivity index (χ4v) is 0. The lowest BCUT2D eigenvalue weighted by molar-refractivity contribution is 1.89. The van der Waals surface area contributed by atoms with Crippen molar-refractivity contribution in [3.05, 3.63) is 0 Å². The van der Waals surface area contributed by atoms with Crippen LogP contribution in [-0.4, -0.2) is 17.0 Å². The van der Waals surface area contributed by atoms with Crippen LogP contribution in [0.5, 0.6) is 0 Å². The molecule has 1 nitrogen and oxygen atoms in total. The molecule has 0 aliphatic rings. The summed E-state index contributed by atoms with van der Waals surface area (Å²) in [6.07, 6.45) is 3.95. The van der Waals surface area contributed by atoms with E-state index in [0.717, 1.165) is 0 Å². The average molecular weight is 126 g/mol. The van der Waals surface area contributed by atoms with E-state index in [1.54, 1.807) is 0 Å². The molecule has 0 radical (unpaired) electrons. The van der Waals surface area contributed by atoms with Gasteiger partial charge in [-0.2, -0.15) is 10.5 Å². The molecule has 0 spiro atoms. The first-order valence-corrected chi connectivity index (χ1v) is 3.92. The van der Waals surface area contributed by atoms with Crippen molar-refractivity contribution < 1.29 is 0 Å². The Morgan fingerprint density at radius 1 is 1.67 bits per heavy atom. The normalized spacial score (nSPS) is 9.50. The van der Waals surface area contributed by atoms with Crippen molar-refractivity contribution in [1.29, 1.82) is 0 Å². The van der Waals surface area contributed by atoms with Crippen LogP contribution in [0.1, 0.15) is 0 Å². The van der Waals surface area contributed by atoms with Gasteiger partial charge in [-0.05, 0) is 12.5 Å². The Morgan fingerprint density at radius 2 is 1.83 bits per heavy atom. The molecule has 0 heterocycles. The lowest BCUT2D eigenvalue weighted by atomic mass is 11.5. The summed E-state index contributed by atoms with van der Waals surface area (Å²) in [5.41, 5.74) is 5.13. The fourth-order valence-electron chi connectivity index (χ4n) is 0. The number of hydrogen-bond donors (Lipinski definition) is 1. The fraction of sp³-hybridized carbons (Fsp3) is 0.667. The van der Waals surface area contributed by atoms with Crippen LogP contribution >= 0.6 is 22.1 Å². The van der Waals surface area contributed by atoms with Gasteiger partial charge in [0.1, 0.15) is 4.45 Å². The van der Waals surface area contributed by atoms with Gasteiger partial charge >= 0.3 is 0 Å². The second-order valence-electron chi connectivity index (χ2n) is 1.12. The van der Waals surface area contributed by atoms with Crippen molar-refractivity contribution in [1.82, 2.24) is 0 Å². The number of nitrogens with two attached hydrogens (primary N) is 1. The summed E-state index contributed by atoms with van der Waals surface area (Å²) in [4.78, 5) is 0. The maximum atomic E-state index is 5.32. The van der Waals surface area contributed by atoms with Crippen molar-refractivity contribution in [2.24, 2.45) is 5.73 Å². The van der Waals surface area contributed by atoms with E-state index in [-0.39, 0.29) is 10.5 Å². The first-order valence-electron chi connectivity index (χ1n) is 1.50. The monoisotopic (exact) mass is 125 g/mol. The van der Waals surface area contributed by atoms with Gasteiger partial charge in [-0.3, -0.25) is 5.73 Å². The molecule has 0 aliphatic carbocycles. The molecule has 0 fully saturated rings. The Hall–Kier alpha value is 0.470. The molecule has 0 saturated heterocycles. The van der Waals surface area contributed by atoms with Gasteiger partial charge in [-0.1, -0.05) is 11.6 Å². The first-order chi connectivity index (χ1) is 2.64. The Bertz CT molecular complexity index is 60.9. The largest absolute Gasteiger partial charge is 0.288 e. The molecule has 0 amide bonds. The van der Waals surface area contributed by atoms with E-state index in [4.69, 9.17) is 17.3 Å². The SMILES string of the molecule is CS(C)=C(N)Cl. The highest BCUT2D eigenvalue weighted by Crippen LogP contribution is 1.99. The lowest BCUT2D eigenvalue weighted by Crippen LogP contribution is -2.00. The molecule has 0 bridgehead atoms. The van der Waals surface area contributed by atoms with Crippen LogP contribution in [0.25, 0.3) is 0 Å². The van der Waals surface area contributed by atoms with E-state index < -0.39 is 0 Å². The molecule has 0 aromatic carbocycles. The van der Waals surface area contributed by atoms with Gasteiger partial charge in [0.25, 0.3) is 0 Å². The van der Waals surface area contributed by atoms with Crippen LogP contribution < -0.4 is 5.73 Å². The molecule has 0 rings (SSSR count). The molecule has 0 aliphatic heterocycles. The average Bonchev–Trinajstić information content (AvgIpc) is 1.36. The van der Waals surface area contributed by atoms with E-state index in [1.165, 1.54) is 0 Å². The Balaban J connectivity index is 3.68. The van der Waals surface area contributed by atoms with E-state index >= 15 is 0 Å². The second kappa shape index (κ2) is 2.61. The predicted molar refractivity (Wildman–Crippen MR) is 34.5 cm³/mol. The number of hydrogen-bond acceptors (Lipinski definition) is 0. The minimum absolute atomic E-state index is 0.0926. The smallest absolute Gasteiger partial charge is 0.103 e. The molecule has 0 saturated carbocycles. The lowest BCUT2D eigenvalue weighted by Gasteiger charge is -1.87. The highest BCUT2D eigenvalue weighted by atomic mass is 35.5. The molecule has 0 atom stereocenters. The molecular weight excluding hydrogens is 118 g/mol. The second-order valence-corrected chi connectivity index (χ2v) is 3.82. The predicted octanol–water partition coefficient (Wildman–Crippen LogP) is 0.800. The van der Waals surface area contributed by atoms with Crippen LogP contribution in [0, 0.1) is 0 Å². The van der Waals surface area contributed by atoms with Gasteiger partial charge in [-0.25, -0.2) is 0 Å². The highest BCUT2D eigenvalue weighted by Gasteiger charge is 1.76. The van der Waals surface area contributed by atoms with E-state index in [9.17, 15) is 0 Å². The quantitative estimate of drug-likeness (QED) is 0.289. The third-order valence-corrected chi connectivity index (χ3v) is 2.10. The van der Waals surface area contributed by atoms with Crippen LogP contribution in [0.3, 0.4) is 0 Å². The van der Waals surface area contributed by atoms with E-state index in [1.807, 2.05) is 12.5 Å². The zero-order valence-electron chi connectivity index (χ0n) is 3.86. The summed E-state index contributed by atoms with van der Waals surface area (Å²) in [5, 5.41) is 0. The van der Waals surface area contributed by atoms with Crippen molar-refractivity contribution in [3.8, 4) is 0 Å². The van der Waals surface area contributed by atoms with Crippen molar-refractivity contribution in [3.63, 3.8) is 0 Å². The summed E-state index contributed by atoms with van der Waals surface area (Å²) in [7, 11) is 0.0926. The van der Waals surface area contributed by atoms with E-state index in [2.05, 4.69) is 0 Å². The summed E-state index contributed by atoms with van der Waals surface area (Å²) in [6, 6.07) is 0. The number of halogens is 1. The Kier molecular flexibility index (Phi) is 2.82. The Labute approximate surface area is 45.4 Å². The minimum atomic E-state index is 0.0926. The number of rotatable bonds is 0. The topological polar surface area (TPSA) is 26.0 Å². The molecule has 38 valence electrons. The molecule has 6 heavy (non-hydrogen) atoms. The molecule has 0 unspecified atom stereocenters. The molecule has 0 aromatic heterocycles. The summed E-state index contributed by atoms with van der Waals surface area (Å²) >= 11 is 5.32. The van der Waals surface area contributed by atoms with Gasteiger partial charge < -0.3 is 0 Å². The van der Waals surface area contributed by atoms with E-state index in [0.29, 0.717) is 4.45 Å². The maximum absolute atomic E-state index is 5.32. The Morgan fingerprint density at radius 3 is 1.83 bits per heavy atom. The van der Waals surface area contributed by atoms with Crippen LogP contribution in [-0.2, 0) is 0 Å². The molecular formula is C3H8ClNS. The van der Waals surface area contributed by atoms with Crippen molar-refractivity contribution in [2.45, 2.75) is 0 Å². The summed E-state index contributed by atoms with van der Waals surface area (Å²) in [6.45, 7) is 0. The van der Waals surface area contributed by atoms with Crippen LogP contribution in [0.4, 0.5) is 0 Å².